The van der Waals surface area contributed by atoms with Crippen LogP contribution in [0.15, 0.2) is 36.4 Å². The molecule has 0 aromatic heterocycles. The highest BCUT2D eigenvalue weighted by atomic mass is 16.5. The number of nitrogens with zero attached hydrogens (tertiary/aromatic N) is 1. The van der Waals surface area contributed by atoms with E-state index >= 15 is 0 Å². The number of unbranched alkanes of at least 4 members (excludes halogenated alkanes) is 2. The molecule has 1 N–H and O–H groups in total. The first-order valence-electron chi connectivity index (χ1n) is 8.77. The number of aliphatic carboxylic acids is 1. The highest BCUT2D eigenvalue weighted by Gasteiger charge is 2.32. The molecule has 2 aromatic rings. The SMILES string of the molecule is O=C(O)CCCCCOCCN1C(=O)c2cccc3cccc(c23)C1=O. The van der Waals surface area contributed by atoms with Crippen molar-refractivity contribution in [3.63, 3.8) is 0 Å². The molecule has 0 aliphatic carbocycles. The van der Waals surface area contributed by atoms with Crippen molar-refractivity contribution in [2.24, 2.45) is 0 Å². The Morgan fingerprint density at radius 2 is 1.58 bits per heavy atom. The van der Waals surface area contributed by atoms with Crippen LogP contribution in [0.4, 0.5) is 0 Å². The van der Waals surface area contributed by atoms with E-state index in [0.717, 1.165) is 23.6 Å². The Labute approximate surface area is 151 Å². The molecule has 0 unspecified atom stereocenters. The van der Waals surface area contributed by atoms with Crippen molar-refractivity contribution >= 4 is 28.6 Å². The number of rotatable bonds is 9. The van der Waals surface area contributed by atoms with Crippen LogP contribution >= 0.6 is 0 Å². The number of imide groups is 1. The van der Waals surface area contributed by atoms with Gasteiger partial charge in [0.05, 0.1) is 13.2 Å². The number of carbonyl (C=O) groups is 3. The van der Waals surface area contributed by atoms with Crippen molar-refractivity contribution in [2.75, 3.05) is 19.8 Å². The fraction of sp³-hybridized carbons (Fsp3) is 0.350. The zero-order valence-electron chi connectivity index (χ0n) is 14.4. The molecule has 2 aromatic carbocycles. The van der Waals surface area contributed by atoms with Gasteiger partial charge in [-0.1, -0.05) is 30.7 Å². The van der Waals surface area contributed by atoms with Gasteiger partial charge in [-0.3, -0.25) is 19.3 Å². The monoisotopic (exact) mass is 355 g/mol. The molecule has 0 spiro atoms. The molecule has 136 valence electrons. The van der Waals surface area contributed by atoms with Gasteiger partial charge in [-0.2, -0.15) is 0 Å². The van der Waals surface area contributed by atoms with Crippen LogP contribution < -0.4 is 0 Å². The van der Waals surface area contributed by atoms with Crippen molar-refractivity contribution in [1.29, 1.82) is 0 Å². The topological polar surface area (TPSA) is 83.9 Å². The van der Waals surface area contributed by atoms with Crippen LogP contribution in [0.5, 0.6) is 0 Å². The summed E-state index contributed by atoms with van der Waals surface area (Å²) in [6.45, 7) is 0.966. The van der Waals surface area contributed by atoms with Gasteiger partial charge in [0.2, 0.25) is 0 Å². The van der Waals surface area contributed by atoms with E-state index in [0.29, 0.717) is 24.2 Å². The van der Waals surface area contributed by atoms with Crippen LogP contribution in [0.3, 0.4) is 0 Å². The molecule has 0 radical (unpaired) electrons. The molecule has 0 saturated heterocycles. The minimum atomic E-state index is -0.789. The smallest absolute Gasteiger partial charge is 0.303 e. The number of carboxylic acid groups (broad SMARTS) is 1. The molecule has 3 rings (SSSR count). The standard InChI is InChI=1S/C20H21NO5/c22-17(23)10-2-1-3-12-26-13-11-21-19(24)15-8-4-6-14-7-5-9-16(18(14)15)20(21)25/h4-9H,1-3,10-13H2,(H,22,23). The van der Waals surface area contributed by atoms with Crippen LogP contribution in [0.2, 0.25) is 0 Å². The predicted octanol–water partition coefficient (Wildman–Crippen LogP) is 3.10. The quantitative estimate of drug-likeness (QED) is 0.552. The maximum absolute atomic E-state index is 12.7. The molecule has 26 heavy (non-hydrogen) atoms. The molecule has 0 bridgehead atoms. The molecule has 1 aliphatic rings. The van der Waals surface area contributed by atoms with Crippen molar-refractivity contribution < 1.29 is 24.2 Å². The van der Waals surface area contributed by atoms with E-state index in [1.807, 2.05) is 24.3 Å². The Hall–Kier alpha value is -2.73. The van der Waals surface area contributed by atoms with Crippen LogP contribution in [0.1, 0.15) is 46.4 Å². The first kappa shape index (κ1) is 18.1. The summed E-state index contributed by atoms with van der Waals surface area (Å²) in [5.41, 5.74) is 1.10. The number of carbonyl (C=O) groups excluding carboxylic acids is 2. The third-order valence-electron chi connectivity index (χ3n) is 4.49. The molecule has 0 saturated carbocycles. The molecule has 1 aliphatic heterocycles. The van der Waals surface area contributed by atoms with E-state index in [-0.39, 0.29) is 31.4 Å². The summed E-state index contributed by atoms with van der Waals surface area (Å²) in [4.78, 5) is 37.0. The predicted molar refractivity (Wildman–Crippen MR) is 96.2 cm³/mol. The summed E-state index contributed by atoms with van der Waals surface area (Å²) in [5, 5.41) is 10.2. The van der Waals surface area contributed by atoms with Gasteiger partial charge in [0.15, 0.2) is 0 Å². The van der Waals surface area contributed by atoms with Gasteiger partial charge in [-0.05, 0) is 30.4 Å². The number of benzene rings is 2. The number of hydrogen-bond donors (Lipinski definition) is 1. The van der Waals surface area contributed by atoms with Crippen LogP contribution in [-0.4, -0.2) is 47.5 Å². The molecule has 6 heteroatoms. The van der Waals surface area contributed by atoms with Gasteiger partial charge in [-0.15, -0.1) is 0 Å². The van der Waals surface area contributed by atoms with E-state index in [1.54, 1.807) is 12.1 Å². The van der Waals surface area contributed by atoms with E-state index in [4.69, 9.17) is 9.84 Å². The zero-order chi connectivity index (χ0) is 18.5. The van der Waals surface area contributed by atoms with E-state index < -0.39 is 5.97 Å². The summed E-state index contributed by atoms with van der Waals surface area (Å²) in [6, 6.07) is 10.9. The Morgan fingerprint density at radius 1 is 0.923 bits per heavy atom. The first-order valence-corrected chi connectivity index (χ1v) is 8.77. The average Bonchev–Trinajstić information content (AvgIpc) is 2.63. The number of hydrogen-bond acceptors (Lipinski definition) is 4. The third-order valence-corrected chi connectivity index (χ3v) is 4.49. The fourth-order valence-corrected chi connectivity index (χ4v) is 3.20. The summed E-state index contributed by atoms with van der Waals surface area (Å²) in [5.74, 6) is -1.36. The molecule has 2 amide bonds. The van der Waals surface area contributed by atoms with Crippen molar-refractivity contribution in [3.8, 4) is 0 Å². The van der Waals surface area contributed by atoms with E-state index in [1.165, 1.54) is 4.90 Å². The second-order valence-corrected chi connectivity index (χ2v) is 6.29. The summed E-state index contributed by atoms with van der Waals surface area (Å²) < 4.78 is 5.51. The van der Waals surface area contributed by atoms with Crippen molar-refractivity contribution in [2.45, 2.75) is 25.7 Å². The van der Waals surface area contributed by atoms with Gasteiger partial charge in [-0.25, -0.2) is 0 Å². The van der Waals surface area contributed by atoms with Crippen LogP contribution in [-0.2, 0) is 9.53 Å². The molecule has 1 heterocycles. The fourth-order valence-electron chi connectivity index (χ4n) is 3.20. The lowest BCUT2D eigenvalue weighted by atomic mass is 9.94. The maximum Gasteiger partial charge on any atom is 0.303 e. The minimum Gasteiger partial charge on any atom is -0.481 e. The Morgan fingerprint density at radius 3 is 2.19 bits per heavy atom. The van der Waals surface area contributed by atoms with Gasteiger partial charge in [0.1, 0.15) is 0 Å². The molecule has 0 atom stereocenters. The lowest BCUT2D eigenvalue weighted by Crippen LogP contribution is -2.42. The number of carboxylic acids is 1. The molecular weight excluding hydrogens is 334 g/mol. The van der Waals surface area contributed by atoms with Crippen LogP contribution in [0.25, 0.3) is 10.8 Å². The van der Waals surface area contributed by atoms with E-state index in [9.17, 15) is 14.4 Å². The highest BCUT2D eigenvalue weighted by molar-refractivity contribution is 6.25. The summed E-state index contributed by atoms with van der Waals surface area (Å²) in [6.07, 6.45) is 2.34. The summed E-state index contributed by atoms with van der Waals surface area (Å²) in [7, 11) is 0. The maximum atomic E-state index is 12.7. The van der Waals surface area contributed by atoms with Gasteiger partial charge >= 0.3 is 5.97 Å². The second-order valence-electron chi connectivity index (χ2n) is 6.29. The Balaban J connectivity index is 1.55. The van der Waals surface area contributed by atoms with E-state index in [2.05, 4.69) is 0 Å². The zero-order valence-corrected chi connectivity index (χ0v) is 14.4. The highest BCUT2D eigenvalue weighted by Crippen LogP contribution is 2.29. The number of amides is 2. The summed E-state index contributed by atoms with van der Waals surface area (Å²) >= 11 is 0. The lowest BCUT2D eigenvalue weighted by molar-refractivity contribution is -0.137. The van der Waals surface area contributed by atoms with Gasteiger partial charge in [0.25, 0.3) is 11.8 Å². The average molecular weight is 355 g/mol. The second kappa shape index (κ2) is 8.10. The minimum absolute atomic E-state index is 0.168. The first-order chi connectivity index (χ1) is 12.6. The Bertz CT molecular complexity index is 794. The molecule has 6 nitrogen and oxygen atoms in total. The normalized spacial score (nSPS) is 13.5. The molecular formula is C20H21NO5. The van der Waals surface area contributed by atoms with Gasteiger partial charge in [0, 0.05) is 29.5 Å². The van der Waals surface area contributed by atoms with Crippen LogP contribution in [0, 0.1) is 0 Å². The van der Waals surface area contributed by atoms with Gasteiger partial charge < -0.3 is 9.84 Å². The van der Waals surface area contributed by atoms with Crippen molar-refractivity contribution in [1.82, 2.24) is 4.90 Å². The van der Waals surface area contributed by atoms with Crippen molar-refractivity contribution in [3.05, 3.63) is 47.5 Å². The molecule has 0 fully saturated rings. The lowest BCUT2D eigenvalue weighted by Gasteiger charge is -2.27. The Kier molecular flexibility index (Phi) is 5.63. The third kappa shape index (κ3) is 3.75. The largest absolute Gasteiger partial charge is 0.481 e. The number of ether oxygens (including phenoxy) is 1.